The number of hydrogen-bond acceptors (Lipinski definition) is 2. The molecule has 0 radical (unpaired) electrons. The summed E-state index contributed by atoms with van der Waals surface area (Å²) in [5, 5.41) is 11.8. The molecule has 0 aliphatic heterocycles. The molecule has 0 saturated carbocycles. The van der Waals surface area contributed by atoms with E-state index in [4.69, 9.17) is 11.6 Å². The molecule has 0 aromatic carbocycles. The zero-order chi connectivity index (χ0) is 9.14. The number of rotatable bonds is 2. The Balaban J connectivity index is 2.80. The first-order valence-corrected chi connectivity index (χ1v) is 4.95. The first kappa shape index (κ1) is 9.78. The third-order valence-electron chi connectivity index (χ3n) is 1.62. The molecule has 1 heterocycles. The lowest BCUT2D eigenvalue weighted by atomic mass is 10.2. The first-order chi connectivity index (χ1) is 5.59. The smallest absolute Gasteiger partial charge is 0.0722 e. The van der Waals surface area contributed by atoms with Crippen LogP contribution in [-0.4, -0.2) is 11.2 Å². The highest BCUT2D eigenvalue weighted by Gasteiger charge is 1.99. The molecule has 1 rings (SSSR count). The van der Waals surface area contributed by atoms with E-state index in [0.29, 0.717) is 0 Å². The predicted molar refractivity (Wildman–Crippen MR) is 54.7 cm³/mol. The zero-order valence-corrected chi connectivity index (χ0v) is 8.62. The van der Waals surface area contributed by atoms with Gasteiger partial charge in [0.15, 0.2) is 0 Å². The zero-order valence-electron chi connectivity index (χ0n) is 7.04. The third-order valence-corrected chi connectivity index (χ3v) is 2.84. The number of hydrogen-bond donors (Lipinski definition) is 1. The van der Waals surface area contributed by atoms with Crippen LogP contribution in [0.15, 0.2) is 17.0 Å². The van der Waals surface area contributed by atoms with Crippen LogP contribution >= 0.6 is 22.9 Å². The van der Waals surface area contributed by atoms with Gasteiger partial charge in [-0.05, 0) is 31.6 Å². The van der Waals surface area contributed by atoms with Gasteiger partial charge in [0.1, 0.15) is 0 Å². The summed E-state index contributed by atoms with van der Waals surface area (Å²) in [4.78, 5) is 1.08. The molecule has 1 nitrogen and oxygen atoms in total. The van der Waals surface area contributed by atoms with Gasteiger partial charge in [0.25, 0.3) is 0 Å². The second-order valence-electron chi connectivity index (χ2n) is 2.73. The van der Waals surface area contributed by atoms with Crippen LogP contribution in [0, 0.1) is 0 Å². The van der Waals surface area contributed by atoms with Gasteiger partial charge in [0.05, 0.1) is 11.1 Å². The molecule has 0 saturated heterocycles. The summed E-state index contributed by atoms with van der Waals surface area (Å²) in [5.74, 6) is 0. The van der Waals surface area contributed by atoms with Crippen molar-refractivity contribution in [3.8, 4) is 0 Å². The first-order valence-electron chi connectivity index (χ1n) is 3.70. The Bertz CT molecular complexity index is 288. The normalized spacial score (nSPS) is 14.8. The van der Waals surface area contributed by atoms with Gasteiger partial charge in [0, 0.05) is 10.3 Å². The van der Waals surface area contributed by atoms with Crippen LogP contribution in [0.1, 0.15) is 18.7 Å². The summed E-state index contributed by atoms with van der Waals surface area (Å²) >= 11 is 7.32. The van der Waals surface area contributed by atoms with Gasteiger partial charge in [-0.3, -0.25) is 0 Å². The molecule has 0 aliphatic rings. The number of thiophene rings is 1. The van der Waals surface area contributed by atoms with Crippen molar-refractivity contribution >= 4 is 29.0 Å². The maximum absolute atomic E-state index is 9.19. The Morgan fingerprint density at radius 2 is 2.42 bits per heavy atom. The Hall–Kier alpha value is -0.310. The van der Waals surface area contributed by atoms with Crippen molar-refractivity contribution in [1.29, 1.82) is 0 Å². The Labute approximate surface area is 81.3 Å². The van der Waals surface area contributed by atoms with E-state index >= 15 is 0 Å². The van der Waals surface area contributed by atoms with Gasteiger partial charge in [-0.25, -0.2) is 0 Å². The fourth-order valence-electron chi connectivity index (χ4n) is 0.749. The minimum absolute atomic E-state index is 0.383. The molecule has 66 valence electrons. The average Bonchev–Trinajstić information content (AvgIpc) is 2.35. The molecule has 1 aromatic rings. The van der Waals surface area contributed by atoms with Crippen LogP contribution in [0.3, 0.4) is 0 Å². The van der Waals surface area contributed by atoms with E-state index < -0.39 is 0 Å². The van der Waals surface area contributed by atoms with E-state index in [1.165, 1.54) is 0 Å². The quantitative estimate of drug-likeness (QED) is 0.781. The fraction of sp³-hybridized carbons (Fsp3) is 0.333. The lowest BCUT2D eigenvalue weighted by molar-refractivity contribution is 0.232. The van der Waals surface area contributed by atoms with E-state index in [0.717, 1.165) is 15.5 Å². The molecule has 0 aliphatic carbocycles. The topological polar surface area (TPSA) is 20.2 Å². The molecule has 1 atom stereocenters. The highest BCUT2D eigenvalue weighted by molar-refractivity contribution is 7.11. The van der Waals surface area contributed by atoms with Gasteiger partial charge in [-0.15, -0.1) is 11.3 Å². The van der Waals surface area contributed by atoms with Crippen LogP contribution in [0.2, 0.25) is 5.02 Å². The Kier molecular flexibility index (Phi) is 3.32. The van der Waals surface area contributed by atoms with E-state index in [1.54, 1.807) is 18.3 Å². The van der Waals surface area contributed by atoms with E-state index in [9.17, 15) is 5.11 Å². The summed E-state index contributed by atoms with van der Waals surface area (Å²) < 4.78 is 0. The maximum Gasteiger partial charge on any atom is 0.0722 e. The summed E-state index contributed by atoms with van der Waals surface area (Å²) in [6, 6.07) is 1.89. The largest absolute Gasteiger partial charge is 0.389 e. The van der Waals surface area contributed by atoms with E-state index in [1.807, 2.05) is 24.4 Å². The van der Waals surface area contributed by atoms with Crippen molar-refractivity contribution in [1.82, 2.24) is 0 Å². The van der Waals surface area contributed by atoms with Crippen molar-refractivity contribution in [2.75, 3.05) is 0 Å². The second kappa shape index (κ2) is 4.08. The predicted octanol–water partition coefficient (Wildman–Crippen LogP) is 3.19. The third kappa shape index (κ3) is 2.63. The molecule has 0 amide bonds. The van der Waals surface area contributed by atoms with Crippen LogP contribution in [0.25, 0.3) is 6.08 Å². The van der Waals surface area contributed by atoms with Crippen LogP contribution in [0.5, 0.6) is 0 Å². The van der Waals surface area contributed by atoms with E-state index in [2.05, 4.69) is 0 Å². The number of aliphatic hydroxyl groups is 1. The maximum atomic E-state index is 9.19. The minimum atomic E-state index is -0.383. The van der Waals surface area contributed by atoms with Crippen LogP contribution < -0.4 is 0 Å². The molecule has 12 heavy (non-hydrogen) atoms. The highest BCUT2D eigenvalue weighted by Crippen LogP contribution is 2.22. The van der Waals surface area contributed by atoms with Crippen molar-refractivity contribution in [2.45, 2.75) is 20.0 Å². The Morgan fingerprint density at radius 1 is 1.75 bits per heavy atom. The summed E-state index contributed by atoms with van der Waals surface area (Å²) in [5.41, 5.74) is 0.952. The lowest BCUT2D eigenvalue weighted by Gasteiger charge is -2.01. The molecule has 1 aromatic heterocycles. The average molecular weight is 203 g/mol. The highest BCUT2D eigenvalue weighted by atomic mass is 35.5. The monoisotopic (exact) mass is 202 g/mol. The van der Waals surface area contributed by atoms with Crippen molar-refractivity contribution in [2.24, 2.45) is 0 Å². The summed E-state index contributed by atoms with van der Waals surface area (Å²) in [6.45, 7) is 3.65. The van der Waals surface area contributed by atoms with Crippen LogP contribution in [0.4, 0.5) is 0 Å². The van der Waals surface area contributed by atoms with Crippen molar-refractivity contribution in [3.63, 3.8) is 0 Å². The number of halogens is 1. The molecule has 0 spiro atoms. The van der Waals surface area contributed by atoms with Crippen LogP contribution in [-0.2, 0) is 0 Å². The lowest BCUT2D eigenvalue weighted by Crippen LogP contribution is -1.99. The fourth-order valence-corrected chi connectivity index (χ4v) is 1.83. The molecular weight excluding hydrogens is 192 g/mol. The molecule has 0 fully saturated rings. The molecule has 1 N–H and O–H groups in total. The van der Waals surface area contributed by atoms with Crippen molar-refractivity contribution < 1.29 is 5.11 Å². The van der Waals surface area contributed by atoms with Gasteiger partial charge < -0.3 is 5.11 Å². The summed E-state index contributed by atoms with van der Waals surface area (Å²) in [7, 11) is 0. The minimum Gasteiger partial charge on any atom is -0.389 e. The van der Waals surface area contributed by atoms with Crippen molar-refractivity contribution in [3.05, 3.63) is 26.9 Å². The van der Waals surface area contributed by atoms with Gasteiger partial charge in [-0.2, -0.15) is 0 Å². The number of aliphatic hydroxyl groups excluding tert-OH is 1. The standard InChI is InChI=1S/C9H11ClOS/c1-6(7(2)11)3-9-4-8(10)5-12-9/h3-5,7,11H,1-2H3. The van der Waals surface area contributed by atoms with Gasteiger partial charge >= 0.3 is 0 Å². The van der Waals surface area contributed by atoms with Gasteiger partial charge in [-0.1, -0.05) is 11.6 Å². The Morgan fingerprint density at radius 3 is 2.83 bits per heavy atom. The molecular formula is C9H11ClOS. The van der Waals surface area contributed by atoms with Gasteiger partial charge in [0.2, 0.25) is 0 Å². The molecule has 3 heteroatoms. The summed E-state index contributed by atoms with van der Waals surface area (Å²) in [6.07, 6.45) is 1.56. The molecule has 0 bridgehead atoms. The molecule has 1 unspecified atom stereocenters. The SMILES string of the molecule is CC(=Cc1cc(Cl)cs1)C(C)O. The van der Waals surface area contributed by atoms with E-state index in [-0.39, 0.29) is 6.10 Å². The second-order valence-corrected chi connectivity index (χ2v) is 4.11.